The molecule has 1 amide bonds. The number of nitrogens with one attached hydrogen (secondary N) is 1. The number of hydrogen-bond acceptors (Lipinski definition) is 4. The van der Waals surface area contributed by atoms with Crippen molar-refractivity contribution in [2.75, 3.05) is 33.0 Å². The third-order valence-corrected chi connectivity index (χ3v) is 5.65. The van der Waals surface area contributed by atoms with Crippen LogP contribution in [-0.4, -0.2) is 44.4 Å². The summed E-state index contributed by atoms with van der Waals surface area (Å²) in [5.74, 6) is -0.0938. The van der Waals surface area contributed by atoms with Crippen LogP contribution >= 0.6 is 24.0 Å². The molecule has 0 radical (unpaired) electrons. The maximum atomic E-state index is 12.7. The third kappa shape index (κ3) is 4.47. The van der Waals surface area contributed by atoms with E-state index in [0.717, 1.165) is 23.4 Å². The monoisotopic (exact) mass is 388 g/mol. The number of halogens is 2. The standard InChI is InChI=1S/C18H25ClN2O3.ClH/c19-15-4-2-1-3-14(15)17(5-9-23-10-6-17)13-21-16(22)18(20)7-11-24-12-8-18;/h1-4H,5-13,20H2,(H,21,22);1H. The van der Waals surface area contributed by atoms with Crippen molar-refractivity contribution in [3.05, 3.63) is 34.9 Å². The van der Waals surface area contributed by atoms with Gasteiger partial charge in [-0.2, -0.15) is 0 Å². The second kappa shape index (κ2) is 8.69. The van der Waals surface area contributed by atoms with E-state index in [1.54, 1.807) is 0 Å². The van der Waals surface area contributed by atoms with Crippen LogP contribution in [0.4, 0.5) is 0 Å². The van der Waals surface area contributed by atoms with Crippen molar-refractivity contribution in [3.63, 3.8) is 0 Å². The minimum absolute atomic E-state index is 0. The Balaban J connectivity index is 0.00000225. The minimum Gasteiger partial charge on any atom is -0.381 e. The smallest absolute Gasteiger partial charge is 0.240 e. The molecule has 2 aliphatic heterocycles. The van der Waals surface area contributed by atoms with Gasteiger partial charge in [0, 0.05) is 43.4 Å². The van der Waals surface area contributed by atoms with Crippen molar-refractivity contribution < 1.29 is 14.3 Å². The zero-order valence-corrected chi connectivity index (χ0v) is 15.8. The van der Waals surface area contributed by atoms with Gasteiger partial charge < -0.3 is 20.5 Å². The summed E-state index contributed by atoms with van der Waals surface area (Å²) in [5, 5.41) is 3.83. The molecule has 3 N–H and O–H groups in total. The van der Waals surface area contributed by atoms with Crippen LogP contribution in [0.2, 0.25) is 5.02 Å². The van der Waals surface area contributed by atoms with E-state index in [4.69, 9.17) is 26.8 Å². The third-order valence-electron chi connectivity index (χ3n) is 5.32. The molecule has 3 rings (SSSR count). The fourth-order valence-corrected chi connectivity index (χ4v) is 3.92. The maximum Gasteiger partial charge on any atom is 0.240 e. The van der Waals surface area contributed by atoms with Crippen LogP contribution in [0.1, 0.15) is 31.2 Å². The summed E-state index contributed by atoms with van der Waals surface area (Å²) in [5.41, 5.74) is 6.34. The number of hydrogen-bond donors (Lipinski definition) is 2. The summed E-state index contributed by atoms with van der Waals surface area (Å²) in [6.07, 6.45) is 2.78. The molecule has 0 aliphatic carbocycles. The number of amides is 1. The van der Waals surface area contributed by atoms with Gasteiger partial charge in [-0.15, -0.1) is 12.4 Å². The Morgan fingerprint density at radius 3 is 2.24 bits per heavy atom. The Hall–Kier alpha value is -0.850. The molecule has 1 aromatic rings. The Kier molecular flexibility index (Phi) is 7.11. The van der Waals surface area contributed by atoms with Crippen LogP contribution < -0.4 is 11.1 Å². The number of carbonyl (C=O) groups excluding carboxylic acids is 1. The van der Waals surface area contributed by atoms with E-state index in [0.29, 0.717) is 45.8 Å². The van der Waals surface area contributed by atoms with Crippen LogP contribution in [0.3, 0.4) is 0 Å². The Morgan fingerprint density at radius 1 is 1.08 bits per heavy atom. The second-order valence-corrected chi connectivity index (χ2v) is 7.23. The highest BCUT2D eigenvalue weighted by Gasteiger charge is 2.40. The van der Waals surface area contributed by atoms with E-state index in [1.807, 2.05) is 24.3 Å². The van der Waals surface area contributed by atoms with E-state index in [9.17, 15) is 4.79 Å². The molecule has 25 heavy (non-hydrogen) atoms. The van der Waals surface area contributed by atoms with Crippen LogP contribution in [0, 0.1) is 0 Å². The Labute approximate surface area is 160 Å². The molecule has 0 atom stereocenters. The summed E-state index contributed by atoms with van der Waals surface area (Å²) in [7, 11) is 0. The van der Waals surface area contributed by atoms with Crippen molar-refractivity contribution in [3.8, 4) is 0 Å². The van der Waals surface area contributed by atoms with Gasteiger partial charge in [0.1, 0.15) is 0 Å². The number of benzene rings is 1. The van der Waals surface area contributed by atoms with Crippen molar-refractivity contribution in [1.29, 1.82) is 0 Å². The lowest BCUT2D eigenvalue weighted by Crippen LogP contribution is -2.59. The van der Waals surface area contributed by atoms with Gasteiger partial charge in [-0.05, 0) is 37.3 Å². The lowest BCUT2D eigenvalue weighted by molar-refractivity contribution is -0.130. The van der Waals surface area contributed by atoms with Crippen LogP contribution in [-0.2, 0) is 19.7 Å². The van der Waals surface area contributed by atoms with Gasteiger partial charge in [0.05, 0.1) is 5.54 Å². The fraction of sp³-hybridized carbons (Fsp3) is 0.611. The first kappa shape index (κ1) is 20.5. The molecule has 2 saturated heterocycles. The molecule has 2 heterocycles. The molecular weight excluding hydrogens is 363 g/mol. The van der Waals surface area contributed by atoms with E-state index in [2.05, 4.69) is 5.32 Å². The lowest BCUT2D eigenvalue weighted by Gasteiger charge is -2.40. The summed E-state index contributed by atoms with van der Waals surface area (Å²) in [6.45, 7) is 2.94. The van der Waals surface area contributed by atoms with Gasteiger partial charge in [-0.1, -0.05) is 29.8 Å². The molecule has 0 aromatic heterocycles. The average Bonchev–Trinajstić information content (AvgIpc) is 2.61. The van der Waals surface area contributed by atoms with E-state index < -0.39 is 5.54 Å². The van der Waals surface area contributed by atoms with Crippen molar-refractivity contribution >= 4 is 29.9 Å². The highest BCUT2D eigenvalue weighted by molar-refractivity contribution is 6.31. The Bertz CT molecular complexity index is 585. The molecule has 140 valence electrons. The van der Waals surface area contributed by atoms with Crippen molar-refractivity contribution in [2.45, 2.75) is 36.6 Å². The van der Waals surface area contributed by atoms with Crippen LogP contribution in [0.15, 0.2) is 24.3 Å². The summed E-state index contributed by atoms with van der Waals surface area (Å²) >= 11 is 6.44. The Morgan fingerprint density at radius 2 is 1.64 bits per heavy atom. The minimum atomic E-state index is -0.828. The zero-order valence-electron chi connectivity index (χ0n) is 14.3. The van der Waals surface area contributed by atoms with Crippen LogP contribution in [0.25, 0.3) is 0 Å². The number of ether oxygens (including phenoxy) is 2. The first-order valence-electron chi connectivity index (χ1n) is 8.54. The first-order valence-corrected chi connectivity index (χ1v) is 8.91. The first-order chi connectivity index (χ1) is 11.6. The molecule has 0 spiro atoms. The fourth-order valence-electron chi connectivity index (χ4n) is 3.58. The molecule has 2 fully saturated rings. The molecule has 5 nitrogen and oxygen atoms in total. The summed E-state index contributed by atoms with van der Waals surface area (Å²) < 4.78 is 10.9. The van der Waals surface area contributed by atoms with E-state index >= 15 is 0 Å². The van der Waals surface area contributed by atoms with Crippen molar-refractivity contribution in [1.82, 2.24) is 5.32 Å². The summed E-state index contributed by atoms with van der Waals surface area (Å²) in [4.78, 5) is 12.7. The van der Waals surface area contributed by atoms with Gasteiger partial charge in [0.25, 0.3) is 0 Å². The highest BCUT2D eigenvalue weighted by Crippen LogP contribution is 2.38. The topological polar surface area (TPSA) is 73.6 Å². The molecule has 2 aliphatic rings. The zero-order chi connectivity index (χ0) is 17.0. The van der Waals surface area contributed by atoms with Gasteiger partial charge >= 0.3 is 0 Å². The molecule has 0 saturated carbocycles. The van der Waals surface area contributed by atoms with Crippen molar-refractivity contribution in [2.24, 2.45) is 5.73 Å². The predicted molar refractivity (Wildman–Crippen MR) is 100 cm³/mol. The molecule has 0 unspecified atom stereocenters. The average molecular weight is 389 g/mol. The van der Waals surface area contributed by atoms with Gasteiger partial charge in [-0.25, -0.2) is 0 Å². The molecule has 0 bridgehead atoms. The van der Waals surface area contributed by atoms with Crippen LogP contribution in [0.5, 0.6) is 0 Å². The van der Waals surface area contributed by atoms with Gasteiger partial charge in [0.2, 0.25) is 5.91 Å². The van der Waals surface area contributed by atoms with Gasteiger partial charge in [-0.3, -0.25) is 4.79 Å². The molecule has 1 aromatic carbocycles. The normalized spacial score (nSPS) is 21.8. The molecular formula is C18H26Cl2N2O3. The van der Waals surface area contributed by atoms with E-state index in [1.165, 1.54) is 0 Å². The predicted octanol–water partition coefficient (Wildman–Crippen LogP) is 2.43. The highest BCUT2D eigenvalue weighted by atomic mass is 35.5. The maximum absolute atomic E-state index is 12.7. The molecule has 7 heteroatoms. The number of rotatable bonds is 4. The quantitative estimate of drug-likeness (QED) is 0.830. The largest absolute Gasteiger partial charge is 0.381 e. The number of nitrogens with two attached hydrogens (primary N) is 1. The van der Waals surface area contributed by atoms with Gasteiger partial charge in [0.15, 0.2) is 0 Å². The second-order valence-electron chi connectivity index (χ2n) is 6.82. The number of carbonyl (C=O) groups is 1. The summed E-state index contributed by atoms with van der Waals surface area (Å²) in [6, 6.07) is 7.86. The van der Waals surface area contributed by atoms with E-state index in [-0.39, 0.29) is 23.7 Å². The lowest BCUT2D eigenvalue weighted by atomic mass is 9.74. The SMILES string of the molecule is Cl.NC1(C(=O)NCC2(c3ccccc3Cl)CCOCC2)CCOCC1.